The third-order valence-corrected chi connectivity index (χ3v) is 8.63. The zero-order valence-corrected chi connectivity index (χ0v) is 21.5. The molecule has 1 aromatic carbocycles. The summed E-state index contributed by atoms with van der Waals surface area (Å²) >= 11 is 0. The Morgan fingerprint density at radius 1 is 1.16 bits per heavy atom. The Morgan fingerprint density at radius 3 is 2.51 bits per heavy atom. The number of hydrogen-bond donors (Lipinski definition) is 2. The van der Waals surface area contributed by atoms with Gasteiger partial charge in [-0.25, -0.2) is 21.8 Å². The van der Waals surface area contributed by atoms with Gasteiger partial charge in [0.25, 0.3) is 0 Å². The lowest BCUT2D eigenvalue weighted by atomic mass is 10.1. The summed E-state index contributed by atoms with van der Waals surface area (Å²) in [6, 6.07) is 9.39. The predicted molar refractivity (Wildman–Crippen MR) is 136 cm³/mol. The second-order valence-corrected chi connectivity index (χ2v) is 13.1. The number of nitrogens with one attached hydrogen (secondary N) is 2. The van der Waals surface area contributed by atoms with E-state index < -0.39 is 32.4 Å². The van der Waals surface area contributed by atoms with E-state index in [2.05, 4.69) is 27.5 Å². The van der Waals surface area contributed by atoms with Gasteiger partial charge in [-0.05, 0) is 49.1 Å². The molecule has 3 aromatic rings. The van der Waals surface area contributed by atoms with E-state index in [0.29, 0.717) is 35.1 Å². The summed E-state index contributed by atoms with van der Waals surface area (Å²) in [4.78, 5) is 3.87. The maximum absolute atomic E-state index is 13.4. The number of hydrogen-bond acceptors (Lipinski definition) is 7. The van der Waals surface area contributed by atoms with E-state index in [1.165, 1.54) is 18.3 Å². The largest absolute Gasteiger partial charge is 0.406 e. The fourth-order valence-electron chi connectivity index (χ4n) is 4.10. The SMILES string of the molecule is CS(=O)(=O)c1ccc(NCC#Cc2cc3c(NC4CCS(=O)(=O)CC4)cccc3n2CC(F)(F)F)cn1. The summed E-state index contributed by atoms with van der Waals surface area (Å²) in [7, 11) is -6.46. The molecule has 0 saturated carbocycles. The van der Waals surface area contributed by atoms with Crippen molar-refractivity contribution >= 4 is 42.0 Å². The van der Waals surface area contributed by atoms with Gasteiger partial charge in [0, 0.05) is 23.4 Å². The summed E-state index contributed by atoms with van der Waals surface area (Å²) in [6.45, 7) is -1.12. The first-order chi connectivity index (χ1) is 17.3. The second-order valence-electron chi connectivity index (χ2n) is 8.85. The van der Waals surface area contributed by atoms with Gasteiger partial charge in [0.2, 0.25) is 0 Å². The lowest BCUT2D eigenvalue weighted by Gasteiger charge is -2.24. The summed E-state index contributed by atoms with van der Waals surface area (Å²) in [6.07, 6.45) is -1.21. The Bertz CT molecular complexity index is 1560. The van der Waals surface area contributed by atoms with E-state index in [0.717, 1.165) is 10.8 Å². The van der Waals surface area contributed by atoms with Gasteiger partial charge in [0.1, 0.15) is 16.4 Å². The number of pyridine rings is 1. The Hall–Kier alpha value is -3.24. The lowest BCUT2D eigenvalue weighted by molar-refractivity contribution is -0.140. The van der Waals surface area contributed by atoms with Gasteiger partial charge in [-0.2, -0.15) is 13.2 Å². The van der Waals surface area contributed by atoms with Crippen molar-refractivity contribution in [3.63, 3.8) is 0 Å². The molecule has 2 aromatic heterocycles. The van der Waals surface area contributed by atoms with Crippen LogP contribution in [0.15, 0.2) is 47.6 Å². The molecule has 198 valence electrons. The van der Waals surface area contributed by atoms with Gasteiger partial charge >= 0.3 is 6.18 Å². The van der Waals surface area contributed by atoms with Crippen molar-refractivity contribution < 1.29 is 30.0 Å². The maximum Gasteiger partial charge on any atom is 0.406 e. The van der Waals surface area contributed by atoms with E-state index in [-0.39, 0.29) is 34.8 Å². The van der Waals surface area contributed by atoms with Crippen LogP contribution in [0, 0.1) is 11.8 Å². The summed E-state index contributed by atoms with van der Waals surface area (Å²) in [5.74, 6) is 5.76. The first-order valence-electron chi connectivity index (χ1n) is 11.4. The van der Waals surface area contributed by atoms with E-state index in [1.54, 1.807) is 24.3 Å². The molecule has 2 N–H and O–H groups in total. The van der Waals surface area contributed by atoms with Crippen molar-refractivity contribution in [3.8, 4) is 11.8 Å². The summed E-state index contributed by atoms with van der Waals surface area (Å²) < 4.78 is 87.8. The van der Waals surface area contributed by atoms with Gasteiger partial charge in [0.05, 0.1) is 41.1 Å². The standard InChI is InChI=1S/C24H25F3N4O4S2/c1-36(32,33)23-8-7-18(15-29-23)28-11-3-4-19-14-20-21(30-17-9-12-37(34,35)13-10-17)5-2-6-22(20)31(19)16-24(25,26)27/h2,5-8,14-15,17,28,30H,9-13,16H2,1H3. The number of alkyl halides is 3. The van der Waals surface area contributed by atoms with Gasteiger partial charge < -0.3 is 15.2 Å². The van der Waals surface area contributed by atoms with Crippen molar-refractivity contribution in [2.45, 2.75) is 36.6 Å². The van der Waals surface area contributed by atoms with Gasteiger partial charge in [-0.1, -0.05) is 12.0 Å². The highest BCUT2D eigenvalue weighted by atomic mass is 32.2. The Balaban J connectivity index is 1.57. The highest BCUT2D eigenvalue weighted by Crippen LogP contribution is 2.31. The minimum atomic E-state index is -4.46. The molecule has 1 fully saturated rings. The van der Waals surface area contributed by atoms with Gasteiger partial charge in [-0.15, -0.1) is 0 Å². The molecular formula is C24H25F3N4O4S2. The molecule has 8 nitrogen and oxygen atoms in total. The van der Waals surface area contributed by atoms with E-state index in [9.17, 15) is 30.0 Å². The van der Waals surface area contributed by atoms with Crippen molar-refractivity contribution in [2.24, 2.45) is 0 Å². The lowest BCUT2D eigenvalue weighted by Crippen LogP contribution is -2.32. The number of sulfone groups is 2. The van der Waals surface area contributed by atoms with E-state index in [1.807, 2.05) is 0 Å². The fraction of sp³-hybridized carbons (Fsp3) is 0.375. The molecule has 4 rings (SSSR count). The molecule has 0 atom stereocenters. The highest BCUT2D eigenvalue weighted by Gasteiger charge is 2.30. The van der Waals surface area contributed by atoms with Crippen molar-refractivity contribution in [3.05, 3.63) is 48.3 Å². The minimum Gasteiger partial charge on any atom is -0.382 e. The first kappa shape index (κ1) is 26.8. The third kappa shape index (κ3) is 6.95. The molecule has 0 radical (unpaired) electrons. The molecule has 0 aliphatic carbocycles. The summed E-state index contributed by atoms with van der Waals surface area (Å²) in [5, 5.41) is 6.74. The van der Waals surface area contributed by atoms with Crippen molar-refractivity contribution in [1.29, 1.82) is 0 Å². The van der Waals surface area contributed by atoms with Crippen LogP contribution in [0.5, 0.6) is 0 Å². The number of nitrogens with zero attached hydrogens (tertiary/aromatic N) is 2. The zero-order chi connectivity index (χ0) is 26.8. The number of benzene rings is 1. The van der Waals surface area contributed by atoms with Crippen LogP contribution in [0.2, 0.25) is 0 Å². The monoisotopic (exact) mass is 554 g/mol. The molecule has 1 aliphatic rings. The fourth-order valence-corrected chi connectivity index (χ4v) is 6.15. The van der Waals surface area contributed by atoms with Crippen LogP contribution in [-0.2, 0) is 26.2 Å². The minimum absolute atomic E-state index is 0.0694. The maximum atomic E-state index is 13.4. The molecule has 1 saturated heterocycles. The first-order valence-corrected chi connectivity index (χ1v) is 15.1. The molecule has 0 unspecified atom stereocenters. The van der Waals surface area contributed by atoms with Crippen LogP contribution in [0.4, 0.5) is 24.5 Å². The van der Waals surface area contributed by atoms with Crippen LogP contribution in [0.3, 0.4) is 0 Å². The van der Waals surface area contributed by atoms with Crippen molar-refractivity contribution in [2.75, 3.05) is 34.9 Å². The number of rotatable bonds is 6. The Morgan fingerprint density at radius 2 is 1.89 bits per heavy atom. The smallest absolute Gasteiger partial charge is 0.382 e. The third-order valence-electron chi connectivity index (χ3n) is 5.91. The molecule has 3 heterocycles. The van der Waals surface area contributed by atoms with Gasteiger partial charge in [-0.3, -0.25) is 0 Å². The quantitative estimate of drug-likeness (QED) is 0.449. The molecular weight excluding hydrogens is 529 g/mol. The normalized spacial score (nSPS) is 16.2. The number of fused-ring (bicyclic) bond motifs is 1. The average molecular weight is 555 g/mol. The van der Waals surface area contributed by atoms with Crippen LogP contribution >= 0.6 is 0 Å². The molecule has 0 amide bonds. The number of anilines is 2. The van der Waals surface area contributed by atoms with E-state index >= 15 is 0 Å². The zero-order valence-electron chi connectivity index (χ0n) is 19.8. The van der Waals surface area contributed by atoms with E-state index in [4.69, 9.17) is 0 Å². The van der Waals surface area contributed by atoms with Crippen LogP contribution in [0.1, 0.15) is 18.5 Å². The highest BCUT2D eigenvalue weighted by molar-refractivity contribution is 7.91. The van der Waals surface area contributed by atoms with Crippen LogP contribution in [-0.4, -0.2) is 62.9 Å². The summed E-state index contributed by atoms with van der Waals surface area (Å²) in [5.41, 5.74) is 1.68. The number of halogens is 3. The predicted octanol–water partition coefficient (Wildman–Crippen LogP) is 3.45. The number of aromatic nitrogens is 2. The molecule has 13 heteroatoms. The van der Waals surface area contributed by atoms with Crippen LogP contribution < -0.4 is 10.6 Å². The molecule has 0 spiro atoms. The Labute approximate surface area is 213 Å². The van der Waals surface area contributed by atoms with Crippen molar-refractivity contribution in [1.82, 2.24) is 9.55 Å². The van der Waals surface area contributed by atoms with Gasteiger partial charge in [0.15, 0.2) is 14.9 Å². The Kier molecular flexibility index (Phi) is 7.43. The molecule has 1 aliphatic heterocycles. The van der Waals surface area contributed by atoms with Crippen LogP contribution in [0.25, 0.3) is 10.9 Å². The molecule has 0 bridgehead atoms. The topological polar surface area (TPSA) is 110 Å². The average Bonchev–Trinajstić information content (AvgIpc) is 3.14. The molecule has 37 heavy (non-hydrogen) atoms. The second kappa shape index (κ2) is 10.3.